The van der Waals surface area contributed by atoms with E-state index >= 15 is 0 Å². The van der Waals surface area contributed by atoms with Gasteiger partial charge in [0.15, 0.2) is 0 Å². The first-order valence-corrected chi connectivity index (χ1v) is 6.02. The molecule has 1 fully saturated rings. The third kappa shape index (κ3) is 3.39. The normalized spacial score (nSPS) is 16.8. The number of alkyl halides is 3. The van der Waals surface area contributed by atoms with Gasteiger partial charge in [-0.3, -0.25) is 4.79 Å². The first-order valence-electron chi connectivity index (χ1n) is 6.02. The molecule has 1 N–H and O–H groups in total. The van der Waals surface area contributed by atoms with Crippen LogP contribution in [0.15, 0.2) is 24.3 Å². The standard InChI is InChI=1S/C13H14F3NO2/c1-2-12(6-7-12)11(18)17-9-4-3-5-10(8-9)19-13(14,15)16/h3-5,8H,2,6-7H2,1H3,(H,17,18). The van der Waals surface area contributed by atoms with E-state index in [0.29, 0.717) is 5.69 Å². The largest absolute Gasteiger partial charge is 0.573 e. The van der Waals surface area contributed by atoms with Gasteiger partial charge in [-0.2, -0.15) is 0 Å². The van der Waals surface area contributed by atoms with Crippen LogP contribution in [0, 0.1) is 5.41 Å². The van der Waals surface area contributed by atoms with Gasteiger partial charge in [0.2, 0.25) is 5.91 Å². The van der Waals surface area contributed by atoms with Crippen LogP contribution in [0.1, 0.15) is 26.2 Å². The minimum absolute atomic E-state index is 0.140. The van der Waals surface area contributed by atoms with Gasteiger partial charge in [0, 0.05) is 17.2 Å². The van der Waals surface area contributed by atoms with Crippen LogP contribution in [0.3, 0.4) is 0 Å². The molecular formula is C13H14F3NO2. The summed E-state index contributed by atoms with van der Waals surface area (Å²) in [6.45, 7) is 1.93. The van der Waals surface area contributed by atoms with E-state index in [4.69, 9.17) is 0 Å². The highest BCUT2D eigenvalue weighted by Crippen LogP contribution is 2.49. The van der Waals surface area contributed by atoms with E-state index in [1.807, 2.05) is 6.92 Å². The molecule has 1 aromatic carbocycles. The molecule has 1 saturated carbocycles. The molecule has 3 nitrogen and oxygen atoms in total. The van der Waals surface area contributed by atoms with E-state index in [-0.39, 0.29) is 17.1 Å². The van der Waals surface area contributed by atoms with E-state index in [1.165, 1.54) is 18.2 Å². The SMILES string of the molecule is CCC1(C(=O)Nc2cccc(OC(F)(F)F)c2)CC1. The number of rotatable bonds is 4. The summed E-state index contributed by atoms with van der Waals surface area (Å²) in [4.78, 5) is 12.0. The van der Waals surface area contributed by atoms with Crippen molar-refractivity contribution in [3.05, 3.63) is 24.3 Å². The van der Waals surface area contributed by atoms with Gasteiger partial charge in [-0.1, -0.05) is 13.0 Å². The summed E-state index contributed by atoms with van der Waals surface area (Å²) in [7, 11) is 0. The monoisotopic (exact) mass is 273 g/mol. The Balaban J connectivity index is 2.05. The Labute approximate surface area is 108 Å². The van der Waals surface area contributed by atoms with Gasteiger partial charge >= 0.3 is 6.36 Å². The van der Waals surface area contributed by atoms with Crippen LogP contribution in [0.2, 0.25) is 0 Å². The number of benzene rings is 1. The van der Waals surface area contributed by atoms with Gasteiger partial charge in [-0.05, 0) is 31.4 Å². The van der Waals surface area contributed by atoms with Crippen molar-refractivity contribution in [2.75, 3.05) is 5.32 Å². The Morgan fingerprint density at radius 2 is 2.11 bits per heavy atom. The van der Waals surface area contributed by atoms with Gasteiger partial charge < -0.3 is 10.1 Å². The maximum atomic E-state index is 12.1. The highest BCUT2D eigenvalue weighted by atomic mass is 19.4. The number of ether oxygens (including phenoxy) is 1. The second-order valence-corrected chi connectivity index (χ2v) is 4.66. The minimum atomic E-state index is -4.73. The highest BCUT2D eigenvalue weighted by molar-refractivity contribution is 5.97. The molecule has 0 radical (unpaired) electrons. The van der Waals surface area contributed by atoms with E-state index in [9.17, 15) is 18.0 Å². The zero-order chi connectivity index (χ0) is 14.1. The van der Waals surface area contributed by atoms with E-state index in [2.05, 4.69) is 10.1 Å². The number of halogens is 3. The fourth-order valence-electron chi connectivity index (χ4n) is 1.93. The maximum absolute atomic E-state index is 12.1. The first-order chi connectivity index (χ1) is 8.85. The van der Waals surface area contributed by atoms with Crippen molar-refractivity contribution in [2.45, 2.75) is 32.5 Å². The molecule has 0 heterocycles. The van der Waals surface area contributed by atoms with Crippen molar-refractivity contribution in [1.29, 1.82) is 0 Å². The minimum Gasteiger partial charge on any atom is -0.406 e. The molecule has 6 heteroatoms. The summed E-state index contributed by atoms with van der Waals surface area (Å²) in [5.74, 6) is -0.481. The molecule has 19 heavy (non-hydrogen) atoms. The number of nitrogens with one attached hydrogen (secondary N) is 1. The van der Waals surface area contributed by atoms with Gasteiger partial charge in [-0.15, -0.1) is 13.2 Å². The average Bonchev–Trinajstić information content (AvgIpc) is 3.07. The lowest BCUT2D eigenvalue weighted by Crippen LogP contribution is -2.23. The molecule has 0 unspecified atom stereocenters. The van der Waals surface area contributed by atoms with Crippen LogP contribution in [0.25, 0.3) is 0 Å². The van der Waals surface area contributed by atoms with E-state index < -0.39 is 6.36 Å². The van der Waals surface area contributed by atoms with Gasteiger partial charge in [0.05, 0.1) is 0 Å². The number of hydrogen-bond acceptors (Lipinski definition) is 2. The number of hydrogen-bond donors (Lipinski definition) is 1. The molecule has 2 rings (SSSR count). The van der Waals surface area contributed by atoms with Gasteiger partial charge in [0.25, 0.3) is 0 Å². The fourth-order valence-corrected chi connectivity index (χ4v) is 1.93. The Bertz CT molecular complexity index is 481. The molecule has 1 aliphatic carbocycles. The smallest absolute Gasteiger partial charge is 0.406 e. The lowest BCUT2D eigenvalue weighted by atomic mass is 10.0. The number of anilines is 1. The molecule has 1 amide bonds. The van der Waals surface area contributed by atoms with E-state index in [0.717, 1.165) is 25.3 Å². The summed E-state index contributed by atoms with van der Waals surface area (Å²) in [5, 5.41) is 2.64. The van der Waals surface area contributed by atoms with Crippen LogP contribution in [0.4, 0.5) is 18.9 Å². The Hall–Kier alpha value is -1.72. The molecule has 0 bridgehead atoms. The summed E-state index contributed by atoms with van der Waals surface area (Å²) in [6, 6.07) is 5.29. The maximum Gasteiger partial charge on any atom is 0.573 e. The molecule has 104 valence electrons. The molecular weight excluding hydrogens is 259 g/mol. The Kier molecular flexibility index (Phi) is 3.43. The van der Waals surface area contributed by atoms with E-state index in [1.54, 1.807) is 0 Å². The molecule has 1 aromatic rings. The third-order valence-electron chi connectivity index (χ3n) is 3.34. The van der Waals surface area contributed by atoms with Crippen molar-refractivity contribution in [3.8, 4) is 5.75 Å². The molecule has 0 saturated heterocycles. The van der Waals surface area contributed by atoms with Crippen LogP contribution in [-0.4, -0.2) is 12.3 Å². The molecule has 0 aliphatic heterocycles. The van der Waals surface area contributed by atoms with Crippen LogP contribution in [-0.2, 0) is 4.79 Å². The average molecular weight is 273 g/mol. The van der Waals surface area contributed by atoms with Crippen molar-refractivity contribution >= 4 is 11.6 Å². The van der Waals surface area contributed by atoms with Crippen LogP contribution < -0.4 is 10.1 Å². The van der Waals surface area contributed by atoms with Crippen molar-refractivity contribution < 1.29 is 22.7 Å². The number of carbonyl (C=O) groups excluding carboxylic acids is 1. The summed E-state index contributed by atoms with van der Waals surface area (Å²) < 4.78 is 40.0. The van der Waals surface area contributed by atoms with Gasteiger partial charge in [-0.25, -0.2) is 0 Å². The van der Waals surface area contributed by atoms with Crippen LogP contribution in [0.5, 0.6) is 5.75 Å². The lowest BCUT2D eigenvalue weighted by molar-refractivity contribution is -0.274. The van der Waals surface area contributed by atoms with Crippen molar-refractivity contribution in [2.24, 2.45) is 5.41 Å². The highest BCUT2D eigenvalue weighted by Gasteiger charge is 2.47. The second kappa shape index (κ2) is 4.75. The predicted molar refractivity (Wildman–Crippen MR) is 63.7 cm³/mol. The topological polar surface area (TPSA) is 38.3 Å². The zero-order valence-electron chi connectivity index (χ0n) is 10.4. The summed E-state index contributed by atoms with van der Waals surface area (Å²) in [5.41, 5.74) is -0.0209. The van der Waals surface area contributed by atoms with Gasteiger partial charge in [0.1, 0.15) is 5.75 Å². The Morgan fingerprint density at radius 1 is 1.42 bits per heavy atom. The first kappa shape index (κ1) is 13.7. The number of amides is 1. The lowest BCUT2D eigenvalue weighted by Gasteiger charge is -2.14. The predicted octanol–water partition coefficient (Wildman–Crippen LogP) is 3.71. The second-order valence-electron chi connectivity index (χ2n) is 4.66. The van der Waals surface area contributed by atoms with Crippen molar-refractivity contribution in [1.82, 2.24) is 0 Å². The molecule has 0 spiro atoms. The molecule has 0 aromatic heterocycles. The summed E-state index contributed by atoms with van der Waals surface area (Å²) in [6.07, 6.45) is -2.34. The molecule has 1 aliphatic rings. The van der Waals surface area contributed by atoms with Crippen molar-refractivity contribution in [3.63, 3.8) is 0 Å². The Morgan fingerprint density at radius 3 is 2.63 bits per heavy atom. The number of carbonyl (C=O) groups is 1. The fraction of sp³-hybridized carbons (Fsp3) is 0.462. The quantitative estimate of drug-likeness (QED) is 0.908. The van der Waals surface area contributed by atoms with Crippen LogP contribution >= 0.6 is 0 Å². The summed E-state index contributed by atoms with van der Waals surface area (Å²) >= 11 is 0. The third-order valence-corrected chi connectivity index (χ3v) is 3.34. The molecule has 0 atom stereocenters. The zero-order valence-corrected chi connectivity index (χ0v) is 10.4.